The molecule has 1 aromatic rings. The number of nitriles is 1. The Hall–Kier alpha value is -1.81. The topological polar surface area (TPSA) is 74.8 Å². The van der Waals surface area contributed by atoms with Crippen LogP contribution in [0.25, 0.3) is 0 Å². The maximum atomic E-state index is 12.0. The molecule has 0 radical (unpaired) electrons. The number of carbonyl (C=O) groups is 1. The minimum Gasteiger partial charge on any atom is -0.341 e. The predicted molar refractivity (Wildman–Crippen MR) is 78.2 cm³/mol. The Kier molecular flexibility index (Phi) is 6.81. The Morgan fingerprint density at radius 2 is 2.35 bits per heavy atom. The molecule has 0 fully saturated rings. The number of amides is 1. The van der Waals surface area contributed by atoms with Gasteiger partial charge in [-0.3, -0.25) is 4.79 Å². The SMILES string of the molecule is C=CCn1c(C)nnc1SCC(=O)N(CC)CCC#N. The summed E-state index contributed by atoms with van der Waals surface area (Å²) >= 11 is 1.36. The minimum absolute atomic E-state index is 0.0126. The molecule has 0 aliphatic heterocycles. The fourth-order valence-corrected chi connectivity index (χ4v) is 2.57. The number of aromatic nitrogens is 3. The molecule has 0 N–H and O–H groups in total. The van der Waals surface area contributed by atoms with Crippen molar-refractivity contribution in [3.05, 3.63) is 18.5 Å². The van der Waals surface area contributed by atoms with Crippen molar-refractivity contribution < 1.29 is 4.79 Å². The Morgan fingerprint density at radius 1 is 1.60 bits per heavy atom. The van der Waals surface area contributed by atoms with Crippen LogP contribution in [0.5, 0.6) is 0 Å². The molecule has 0 aliphatic carbocycles. The van der Waals surface area contributed by atoms with E-state index in [1.54, 1.807) is 11.0 Å². The normalized spacial score (nSPS) is 10.1. The lowest BCUT2D eigenvalue weighted by molar-refractivity contribution is -0.128. The molecule has 0 saturated heterocycles. The molecule has 0 saturated carbocycles. The van der Waals surface area contributed by atoms with E-state index in [-0.39, 0.29) is 5.91 Å². The maximum Gasteiger partial charge on any atom is 0.233 e. The van der Waals surface area contributed by atoms with E-state index in [2.05, 4.69) is 22.8 Å². The average molecular weight is 293 g/mol. The molecule has 0 aliphatic rings. The van der Waals surface area contributed by atoms with Gasteiger partial charge in [0, 0.05) is 19.6 Å². The fraction of sp³-hybridized carbons (Fsp3) is 0.538. The summed E-state index contributed by atoms with van der Waals surface area (Å²) in [5.41, 5.74) is 0. The smallest absolute Gasteiger partial charge is 0.233 e. The lowest BCUT2D eigenvalue weighted by Crippen LogP contribution is -2.33. The minimum atomic E-state index is 0.0126. The molecule has 108 valence electrons. The van der Waals surface area contributed by atoms with Crippen LogP contribution in [0, 0.1) is 18.3 Å². The number of allylic oxidation sites excluding steroid dienone is 1. The van der Waals surface area contributed by atoms with Gasteiger partial charge >= 0.3 is 0 Å². The molecule has 7 heteroatoms. The predicted octanol–water partition coefficient (Wildman–Crippen LogP) is 1.63. The summed E-state index contributed by atoms with van der Waals surface area (Å²) in [6, 6.07) is 2.05. The molecule has 20 heavy (non-hydrogen) atoms. The van der Waals surface area contributed by atoms with Crippen molar-refractivity contribution in [2.75, 3.05) is 18.8 Å². The first-order chi connectivity index (χ1) is 9.63. The van der Waals surface area contributed by atoms with Crippen LogP contribution in [-0.2, 0) is 11.3 Å². The third-order valence-corrected chi connectivity index (χ3v) is 3.72. The quantitative estimate of drug-likeness (QED) is 0.538. The molecule has 0 bridgehead atoms. The monoisotopic (exact) mass is 293 g/mol. The zero-order valence-electron chi connectivity index (χ0n) is 11.9. The van der Waals surface area contributed by atoms with Gasteiger partial charge in [0.05, 0.1) is 18.2 Å². The van der Waals surface area contributed by atoms with E-state index in [0.29, 0.717) is 37.0 Å². The van der Waals surface area contributed by atoms with Gasteiger partial charge in [0.25, 0.3) is 0 Å². The summed E-state index contributed by atoms with van der Waals surface area (Å²) in [7, 11) is 0. The third kappa shape index (κ3) is 4.38. The second-order valence-electron chi connectivity index (χ2n) is 4.10. The van der Waals surface area contributed by atoms with Crippen molar-refractivity contribution >= 4 is 17.7 Å². The number of thioether (sulfide) groups is 1. The number of carbonyl (C=O) groups excluding carboxylic acids is 1. The largest absolute Gasteiger partial charge is 0.341 e. The van der Waals surface area contributed by atoms with Crippen LogP contribution in [0.2, 0.25) is 0 Å². The standard InChI is InChI=1S/C13H19N5OS/c1-4-8-18-11(3)15-16-13(18)20-10-12(19)17(5-2)9-6-7-14/h4H,1,5-6,8-10H2,2-3H3. The van der Waals surface area contributed by atoms with E-state index < -0.39 is 0 Å². The van der Waals surface area contributed by atoms with Gasteiger partial charge in [0.15, 0.2) is 5.16 Å². The molecule has 0 atom stereocenters. The first-order valence-corrected chi connectivity index (χ1v) is 7.40. The van der Waals surface area contributed by atoms with Crippen LogP contribution in [0.1, 0.15) is 19.2 Å². The Labute approximate surface area is 123 Å². The van der Waals surface area contributed by atoms with Gasteiger partial charge in [-0.2, -0.15) is 5.26 Å². The number of rotatable bonds is 8. The van der Waals surface area contributed by atoms with E-state index in [1.165, 1.54) is 11.8 Å². The van der Waals surface area contributed by atoms with Crippen LogP contribution in [0.15, 0.2) is 17.8 Å². The van der Waals surface area contributed by atoms with E-state index >= 15 is 0 Å². The van der Waals surface area contributed by atoms with Gasteiger partial charge in [0.2, 0.25) is 5.91 Å². The Balaban J connectivity index is 2.60. The van der Waals surface area contributed by atoms with E-state index in [9.17, 15) is 4.79 Å². The van der Waals surface area contributed by atoms with Crippen molar-refractivity contribution in [3.8, 4) is 6.07 Å². The number of hydrogen-bond acceptors (Lipinski definition) is 5. The summed E-state index contributed by atoms with van der Waals surface area (Å²) in [6.07, 6.45) is 2.13. The Morgan fingerprint density at radius 3 is 2.95 bits per heavy atom. The second kappa shape index (κ2) is 8.38. The third-order valence-electron chi connectivity index (χ3n) is 2.77. The van der Waals surface area contributed by atoms with Crippen LogP contribution < -0.4 is 0 Å². The molecule has 1 aromatic heterocycles. The highest BCUT2D eigenvalue weighted by molar-refractivity contribution is 7.99. The first-order valence-electron chi connectivity index (χ1n) is 6.42. The highest BCUT2D eigenvalue weighted by Gasteiger charge is 2.14. The molecule has 0 unspecified atom stereocenters. The van der Waals surface area contributed by atoms with Crippen LogP contribution in [-0.4, -0.2) is 44.4 Å². The summed E-state index contributed by atoms with van der Waals surface area (Å²) in [6.45, 7) is 9.19. The molecule has 1 amide bonds. The first kappa shape index (κ1) is 16.2. The second-order valence-corrected chi connectivity index (χ2v) is 5.04. The summed E-state index contributed by atoms with van der Waals surface area (Å²) in [5.74, 6) is 1.12. The maximum absolute atomic E-state index is 12.0. The van der Waals surface area contributed by atoms with Crippen LogP contribution in [0.3, 0.4) is 0 Å². The van der Waals surface area contributed by atoms with E-state index in [1.807, 2.05) is 18.4 Å². The lowest BCUT2D eigenvalue weighted by Gasteiger charge is -2.19. The molecule has 6 nitrogen and oxygen atoms in total. The summed E-state index contributed by atoms with van der Waals surface area (Å²) in [5, 5.41) is 17.4. The van der Waals surface area contributed by atoms with Crippen molar-refractivity contribution in [2.45, 2.75) is 32.0 Å². The van der Waals surface area contributed by atoms with Crippen molar-refractivity contribution in [2.24, 2.45) is 0 Å². The number of hydrogen-bond donors (Lipinski definition) is 0. The number of nitrogens with zero attached hydrogens (tertiary/aromatic N) is 5. The Bertz CT molecular complexity index is 505. The number of aryl methyl sites for hydroxylation is 1. The average Bonchev–Trinajstić information content (AvgIpc) is 2.79. The van der Waals surface area contributed by atoms with Gasteiger partial charge in [-0.1, -0.05) is 17.8 Å². The van der Waals surface area contributed by atoms with Gasteiger partial charge in [-0.05, 0) is 13.8 Å². The summed E-state index contributed by atoms with van der Waals surface area (Å²) in [4.78, 5) is 13.7. The van der Waals surface area contributed by atoms with Gasteiger partial charge in [0.1, 0.15) is 5.82 Å². The van der Waals surface area contributed by atoms with Gasteiger partial charge in [-0.25, -0.2) is 0 Å². The van der Waals surface area contributed by atoms with E-state index in [4.69, 9.17) is 5.26 Å². The molecular weight excluding hydrogens is 274 g/mol. The fourth-order valence-electron chi connectivity index (χ4n) is 1.67. The van der Waals surface area contributed by atoms with E-state index in [0.717, 1.165) is 5.82 Å². The van der Waals surface area contributed by atoms with Crippen LogP contribution >= 0.6 is 11.8 Å². The molecule has 1 heterocycles. The molecule has 0 aromatic carbocycles. The zero-order chi connectivity index (χ0) is 15.0. The highest BCUT2D eigenvalue weighted by Crippen LogP contribution is 2.17. The van der Waals surface area contributed by atoms with Crippen molar-refractivity contribution in [1.29, 1.82) is 5.26 Å². The van der Waals surface area contributed by atoms with Crippen molar-refractivity contribution in [1.82, 2.24) is 19.7 Å². The summed E-state index contributed by atoms with van der Waals surface area (Å²) < 4.78 is 1.91. The van der Waals surface area contributed by atoms with Crippen molar-refractivity contribution in [3.63, 3.8) is 0 Å². The molecule has 0 spiro atoms. The lowest BCUT2D eigenvalue weighted by atomic mass is 10.4. The highest BCUT2D eigenvalue weighted by atomic mass is 32.2. The zero-order valence-corrected chi connectivity index (χ0v) is 12.7. The van der Waals surface area contributed by atoms with Crippen LogP contribution in [0.4, 0.5) is 0 Å². The van der Waals surface area contributed by atoms with Gasteiger partial charge in [-0.15, -0.1) is 16.8 Å². The molecule has 1 rings (SSSR count). The molecular formula is C13H19N5OS. The van der Waals surface area contributed by atoms with Gasteiger partial charge < -0.3 is 9.47 Å².